The number of carbonyl (C=O) groups excluding carboxylic acids is 1. The van der Waals surface area contributed by atoms with E-state index in [1.807, 2.05) is 4.90 Å². The van der Waals surface area contributed by atoms with Crippen LogP contribution >= 0.6 is 0 Å². The minimum atomic E-state index is 0.166. The number of nitrogens with one attached hydrogen (secondary N) is 2. The normalized spacial score (nSPS) is 16.5. The van der Waals surface area contributed by atoms with Gasteiger partial charge < -0.3 is 25.2 Å². The molecule has 10 heteroatoms. The molecule has 35 heavy (non-hydrogen) atoms. The lowest BCUT2D eigenvalue weighted by Gasteiger charge is -2.28. The van der Waals surface area contributed by atoms with Crippen molar-refractivity contribution in [3.05, 3.63) is 30.6 Å². The number of morpholine rings is 1. The van der Waals surface area contributed by atoms with E-state index in [0.29, 0.717) is 12.2 Å². The highest BCUT2D eigenvalue weighted by Gasteiger charge is 2.20. The smallest absolute Gasteiger partial charge is 0.222 e. The molecule has 5 rings (SSSR count). The van der Waals surface area contributed by atoms with Crippen molar-refractivity contribution in [3.8, 4) is 0 Å². The monoisotopic (exact) mass is 478 g/mol. The van der Waals surface area contributed by atoms with Crippen molar-refractivity contribution >= 4 is 40.2 Å². The topological polar surface area (TPSA) is 100 Å². The molecule has 0 atom stereocenters. The Morgan fingerprint density at radius 1 is 1.09 bits per heavy atom. The highest BCUT2D eigenvalue weighted by Crippen LogP contribution is 2.29. The Morgan fingerprint density at radius 2 is 1.89 bits per heavy atom. The van der Waals surface area contributed by atoms with Gasteiger partial charge in [-0.3, -0.25) is 9.36 Å². The van der Waals surface area contributed by atoms with Crippen LogP contribution in [0.1, 0.15) is 39.2 Å². The van der Waals surface area contributed by atoms with Gasteiger partial charge >= 0.3 is 0 Å². The quantitative estimate of drug-likeness (QED) is 0.451. The fourth-order valence-corrected chi connectivity index (χ4v) is 4.74. The van der Waals surface area contributed by atoms with Crippen molar-refractivity contribution < 1.29 is 9.53 Å². The molecule has 2 aliphatic rings. The number of rotatable bonds is 9. The molecule has 2 saturated heterocycles. The molecule has 3 aromatic rings. The predicted molar refractivity (Wildman–Crippen MR) is 137 cm³/mol. The molecule has 0 unspecified atom stereocenters. The number of hydrogen-bond donors (Lipinski definition) is 2. The highest BCUT2D eigenvalue weighted by molar-refractivity contribution is 5.86. The van der Waals surface area contributed by atoms with Gasteiger partial charge in [-0.25, -0.2) is 15.0 Å². The molecule has 1 amide bonds. The van der Waals surface area contributed by atoms with Crippen LogP contribution in [0.5, 0.6) is 0 Å². The van der Waals surface area contributed by atoms with Crippen molar-refractivity contribution in [2.75, 3.05) is 61.5 Å². The minimum Gasteiger partial charge on any atom is -0.378 e. The number of likely N-dealkylation sites (tertiary alicyclic amines) is 1. The summed E-state index contributed by atoms with van der Waals surface area (Å²) in [5.74, 6) is 1.71. The van der Waals surface area contributed by atoms with Crippen molar-refractivity contribution in [1.82, 2.24) is 24.4 Å². The first-order chi connectivity index (χ1) is 17.1. The van der Waals surface area contributed by atoms with E-state index in [0.717, 1.165) is 81.6 Å². The molecule has 0 radical (unpaired) electrons. The first-order valence-electron chi connectivity index (χ1n) is 12.5. The SMILES string of the molecule is CC(C)n1c(Nc2ccc(N3CCOCC3)cc2)nc2c(NCCCN3CCCC3=O)ncnc21. The first kappa shape index (κ1) is 23.3. The van der Waals surface area contributed by atoms with Crippen LogP contribution < -0.4 is 15.5 Å². The number of fused-ring (bicyclic) bond motifs is 1. The number of carbonyl (C=O) groups is 1. The zero-order valence-electron chi connectivity index (χ0n) is 20.5. The fraction of sp³-hybridized carbons (Fsp3) is 0.520. The summed E-state index contributed by atoms with van der Waals surface area (Å²) >= 11 is 0. The summed E-state index contributed by atoms with van der Waals surface area (Å²) in [6, 6.07) is 8.60. The molecule has 10 nitrogen and oxygen atoms in total. The molecule has 1 aromatic carbocycles. The molecule has 186 valence electrons. The fourth-order valence-electron chi connectivity index (χ4n) is 4.74. The van der Waals surface area contributed by atoms with Gasteiger partial charge in [0.25, 0.3) is 0 Å². The molecule has 4 heterocycles. The van der Waals surface area contributed by atoms with Crippen LogP contribution in [0.25, 0.3) is 11.2 Å². The lowest BCUT2D eigenvalue weighted by Crippen LogP contribution is -2.36. The number of hydrogen-bond acceptors (Lipinski definition) is 8. The van der Waals surface area contributed by atoms with Crippen molar-refractivity contribution in [2.45, 2.75) is 39.2 Å². The zero-order valence-corrected chi connectivity index (χ0v) is 20.5. The van der Waals surface area contributed by atoms with Gasteiger partial charge in [-0.15, -0.1) is 0 Å². The van der Waals surface area contributed by atoms with Crippen LogP contribution in [0.2, 0.25) is 0 Å². The lowest BCUT2D eigenvalue weighted by molar-refractivity contribution is -0.127. The Bertz CT molecular complexity index is 1150. The van der Waals surface area contributed by atoms with Gasteiger partial charge in [-0.2, -0.15) is 0 Å². The molecule has 2 aliphatic heterocycles. The lowest BCUT2D eigenvalue weighted by atomic mass is 10.2. The van der Waals surface area contributed by atoms with E-state index in [9.17, 15) is 4.79 Å². The average Bonchev–Trinajstić information content (AvgIpc) is 3.46. The van der Waals surface area contributed by atoms with Gasteiger partial charge in [-0.05, 0) is 51.0 Å². The van der Waals surface area contributed by atoms with E-state index >= 15 is 0 Å². The molecule has 0 aliphatic carbocycles. The second kappa shape index (κ2) is 10.5. The third-order valence-electron chi connectivity index (χ3n) is 6.56. The minimum absolute atomic E-state index is 0.166. The van der Waals surface area contributed by atoms with Crippen molar-refractivity contribution in [2.24, 2.45) is 0 Å². The van der Waals surface area contributed by atoms with Crippen LogP contribution in [0, 0.1) is 0 Å². The van der Waals surface area contributed by atoms with Crippen LogP contribution in [0.3, 0.4) is 0 Å². The summed E-state index contributed by atoms with van der Waals surface area (Å²) in [5.41, 5.74) is 3.70. The summed E-state index contributed by atoms with van der Waals surface area (Å²) in [7, 11) is 0. The molecular formula is C25H34N8O2. The van der Waals surface area contributed by atoms with Gasteiger partial charge in [0.2, 0.25) is 11.9 Å². The summed E-state index contributed by atoms with van der Waals surface area (Å²) < 4.78 is 7.56. The largest absolute Gasteiger partial charge is 0.378 e. The summed E-state index contributed by atoms with van der Waals surface area (Å²) in [6.45, 7) is 9.98. The van der Waals surface area contributed by atoms with E-state index in [1.54, 1.807) is 6.33 Å². The number of nitrogens with zero attached hydrogens (tertiary/aromatic N) is 6. The predicted octanol–water partition coefficient (Wildman–Crippen LogP) is 3.41. The Hall–Kier alpha value is -3.40. The molecule has 0 saturated carbocycles. The molecule has 0 spiro atoms. The maximum Gasteiger partial charge on any atom is 0.222 e. The highest BCUT2D eigenvalue weighted by atomic mass is 16.5. The average molecular weight is 479 g/mol. The molecule has 0 bridgehead atoms. The maximum absolute atomic E-state index is 11.8. The molecule has 2 aromatic heterocycles. The molecular weight excluding hydrogens is 444 g/mol. The third kappa shape index (κ3) is 5.17. The van der Waals surface area contributed by atoms with Crippen molar-refractivity contribution in [1.29, 1.82) is 0 Å². The van der Waals surface area contributed by atoms with Gasteiger partial charge in [0, 0.05) is 56.6 Å². The summed E-state index contributed by atoms with van der Waals surface area (Å²) in [5, 5.41) is 6.88. The Morgan fingerprint density at radius 3 is 2.60 bits per heavy atom. The van der Waals surface area contributed by atoms with Gasteiger partial charge in [0.1, 0.15) is 6.33 Å². The number of imidazole rings is 1. The van der Waals surface area contributed by atoms with Crippen molar-refractivity contribution in [3.63, 3.8) is 0 Å². The van der Waals surface area contributed by atoms with Crippen LogP contribution in [-0.2, 0) is 9.53 Å². The van der Waals surface area contributed by atoms with Crippen LogP contribution in [0.15, 0.2) is 30.6 Å². The van der Waals surface area contributed by atoms with E-state index in [-0.39, 0.29) is 11.9 Å². The van der Waals surface area contributed by atoms with Gasteiger partial charge in [-0.1, -0.05) is 0 Å². The number of aromatic nitrogens is 4. The van der Waals surface area contributed by atoms with Gasteiger partial charge in [0.15, 0.2) is 17.0 Å². The Labute approximate surface area is 205 Å². The summed E-state index contributed by atoms with van der Waals surface area (Å²) in [4.78, 5) is 30.0. The van der Waals surface area contributed by atoms with Crippen LogP contribution in [-0.4, -0.2) is 76.3 Å². The summed E-state index contributed by atoms with van der Waals surface area (Å²) in [6.07, 6.45) is 4.09. The maximum atomic E-state index is 11.8. The second-order valence-corrected chi connectivity index (χ2v) is 9.33. The van der Waals surface area contributed by atoms with Gasteiger partial charge in [0.05, 0.1) is 13.2 Å². The third-order valence-corrected chi connectivity index (χ3v) is 6.56. The van der Waals surface area contributed by atoms with E-state index in [4.69, 9.17) is 9.72 Å². The number of anilines is 4. The van der Waals surface area contributed by atoms with Crippen LogP contribution in [0.4, 0.5) is 23.1 Å². The second-order valence-electron chi connectivity index (χ2n) is 9.33. The Kier molecular flexibility index (Phi) is 6.98. The van der Waals surface area contributed by atoms with E-state index in [1.165, 1.54) is 5.69 Å². The number of benzene rings is 1. The molecule has 2 fully saturated rings. The standard InChI is InChI=1S/C25H34N8O2/c1-18(2)33-24-22(23(27-17-28-24)26-10-4-12-32-11-3-5-21(32)34)30-25(33)29-19-6-8-20(9-7-19)31-13-15-35-16-14-31/h6-9,17-18H,3-5,10-16H2,1-2H3,(H,29,30)(H,26,27,28). The number of amides is 1. The Balaban J connectivity index is 1.30. The van der Waals surface area contributed by atoms with E-state index in [2.05, 4.69) is 68.2 Å². The van der Waals surface area contributed by atoms with E-state index < -0.39 is 0 Å². The molecule has 2 N–H and O–H groups in total. The number of ether oxygens (including phenoxy) is 1. The zero-order chi connectivity index (χ0) is 24.2. The first-order valence-corrected chi connectivity index (χ1v) is 12.5.